The summed E-state index contributed by atoms with van der Waals surface area (Å²) in [5, 5.41) is 20.0. The van der Waals surface area contributed by atoms with Crippen molar-refractivity contribution < 1.29 is 43.5 Å². The highest BCUT2D eigenvalue weighted by Crippen LogP contribution is 2.32. The van der Waals surface area contributed by atoms with E-state index in [4.69, 9.17) is 28.8 Å². The smallest absolute Gasteiger partial charge is 0.333 e. The van der Waals surface area contributed by atoms with Crippen molar-refractivity contribution in [2.45, 2.75) is 90.8 Å². The molecule has 0 heterocycles. The normalized spacial score (nSPS) is 11.4. The summed E-state index contributed by atoms with van der Waals surface area (Å²) < 4.78 is 28.8. The number of hydrogen-bond acceptors (Lipinski definition) is 9. The van der Waals surface area contributed by atoms with Crippen LogP contribution in [0.15, 0.2) is 91.0 Å². The molecule has 0 saturated carbocycles. The van der Waals surface area contributed by atoms with E-state index in [0.29, 0.717) is 61.4 Å². The molecule has 0 aliphatic rings. The van der Waals surface area contributed by atoms with Gasteiger partial charge in [-0.05, 0) is 138 Å². The number of ether oxygens (including phenoxy) is 5. The van der Waals surface area contributed by atoms with E-state index in [1.165, 1.54) is 5.56 Å². The van der Waals surface area contributed by atoms with Crippen molar-refractivity contribution >= 4 is 11.9 Å². The van der Waals surface area contributed by atoms with Crippen LogP contribution in [0.1, 0.15) is 93.8 Å². The first-order valence-electron chi connectivity index (χ1n) is 18.3. The first-order chi connectivity index (χ1) is 25.2. The van der Waals surface area contributed by atoms with Crippen LogP contribution in [0.4, 0.5) is 0 Å². The van der Waals surface area contributed by atoms with Crippen LogP contribution in [0.25, 0.3) is 0 Å². The molecular formula is C43H56O9. The molecule has 0 aliphatic heterocycles. The maximum absolute atomic E-state index is 12.0. The van der Waals surface area contributed by atoms with E-state index in [9.17, 15) is 14.7 Å². The van der Waals surface area contributed by atoms with Crippen molar-refractivity contribution in [1.29, 1.82) is 0 Å². The number of para-hydroxylation sites is 1. The SMILES string of the molecule is C=C(C)C(=O)OCCCc1cc(C(O)Oc2ccccc2)cc(CCCOC(=O)C(=C)C)c1OCCCCCc1ccc(OCCCCCO)cc1. The summed E-state index contributed by atoms with van der Waals surface area (Å²) in [5.41, 5.74) is 4.23. The lowest BCUT2D eigenvalue weighted by atomic mass is 9.97. The Balaban J connectivity index is 1.67. The molecule has 1 unspecified atom stereocenters. The molecule has 1 atom stereocenters. The summed E-state index contributed by atoms with van der Waals surface area (Å²) in [5.74, 6) is 1.25. The second kappa shape index (κ2) is 23.8. The standard InChI is InChI=1S/C43H56O9/c1-32(2)41(45)50-28-14-17-35-30-37(43(47)52-39-19-9-5-10-20-39)31-36(18-15-29-51-42(46)33(3)4)40(35)49-27-12-6-8-16-34-21-23-38(24-22-34)48-26-13-7-11-25-44/h5,9-10,19-24,30-31,43-44,47H,1,3,6-8,11-18,25-29H2,2,4H3. The van der Waals surface area contributed by atoms with Gasteiger partial charge in [-0.15, -0.1) is 0 Å². The summed E-state index contributed by atoms with van der Waals surface area (Å²) in [6, 6.07) is 21.1. The van der Waals surface area contributed by atoms with Gasteiger partial charge in [0.05, 0.1) is 26.4 Å². The predicted molar refractivity (Wildman–Crippen MR) is 203 cm³/mol. The number of esters is 2. The fourth-order valence-electron chi connectivity index (χ4n) is 5.39. The Labute approximate surface area is 309 Å². The molecule has 0 amide bonds. The summed E-state index contributed by atoms with van der Waals surface area (Å²) >= 11 is 0. The van der Waals surface area contributed by atoms with Crippen molar-refractivity contribution in [2.75, 3.05) is 33.0 Å². The molecule has 0 aromatic heterocycles. The molecule has 0 bridgehead atoms. The number of rotatable bonds is 26. The van der Waals surface area contributed by atoms with Crippen molar-refractivity contribution in [2.24, 2.45) is 0 Å². The van der Waals surface area contributed by atoms with Gasteiger partial charge in [0.25, 0.3) is 0 Å². The highest BCUT2D eigenvalue weighted by atomic mass is 16.6. The van der Waals surface area contributed by atoms with Gasteiger partial charge in [0.15, 0.2) is 0 Å². The van der Waals surface area contributed by atoms with Crippen LogP contribution >= 0.6 is 0 Å². The van der Waals surface area contributed by atoms with Gasteiger partial charge in [-0.1, -0.05) is 43.5 Å². The molecule has 3 aromatic rings. The van der Waals surface area contributed by atoms with Gasteiger partial charge in [-0.2, -0.15) is 0 Å². The number of hydrogen-bond donors (Lipinski definition) is 2. The molecule has 9 nitrogen and oxygen atoms in total. The van der Waals surface area contributed by atoms with Crippen molar-refractivity contribution in [1.82, 2.24) is 0 Å². The predicted octanol–water partition coefficient (Wildman–Crippen LogP) is 8.19. The van der Waals surface area contributed by atoms with Gasteiger partial charge in [0.2, 0.25) is 6.29 Å². The zero-order chi connectivity index (χ0) is 37.6. The minimum Gasteiger partial charge on any atom is -0.494 e. The molecule has 0 radical (unpaired) electrons. The Kier molecular flexibility index (Phi) is 19.1. The highest BCUT2D eigenvalue weighted by molar-refractivity contribution is 5.87. The van der Waals surface area contributed by atoms with Crippen LogP contribution in [-0.4, -0.2) is 55.2 Å². The lowest BCUT2D eigenvalue weighted by molar-refractivity contribution is -0.139. The fraction of sp³-hybridized carbons (Fsp3) is 0.442. The zero-order valence-corrected chi connectivity index (χ0v) is 30.9. The third-order valence-corrected chi connectivity index (χ3v) is 8.24. The van der Waals surface area contributed by atoms with E-state index in [1.54, 1.807) is 26.0 Å². The van der Waals surface area contributed by atoms with Crippen LogP contribution in [0.3, 0.4) is 0 Å². The van der Waals surface area contributed by atoms with Gasteiger partial charge in [-0.25, -0.2) is 9.59 Å². The van der Waals surface area contributed by atoms with Crippen LogP contribution < -0.4 is 14.2 Å². The maximum Gasteiger partial charge on any atom is 0.333 e. The number of aliphatic hydroxyl groups excluding tert-OH is 2. The van der Waals surface area contributed by atoms with Gasteiger partial charge < -0.3 is 33.9 Å². The average Bonchev–Trinajstić information content (AvgIpc) is 3.14. The summed E-state index contributed by atoms with van der Waals surface area (Å²) in [6.07, 6.45) is 7.39. The van der Waals surface area contributed by atoms with E-state index in [1.807, 2.05) is 42.5 Å². The number of unbranched alkanes of at least 4 members (excludes halogenated alkanes) is 4. The second-order valence-electron chi connectivity index (χ2n) is 12.9. The van der Waals surface area contributed by atoms with Gasteiger partial charge in [0, 0.05) is 23.3 Å². The number of aliphatic hydroxyl groups is 2. The molecule has 9 heteroatoms. The van der Waals surface area contributed by atoms with E-state index < -0.39 is 18.2 Å². The molecule has 3 aromatic carbocycles. The van der Waals surface area contributed by atoms with Crippen molar-refractivity contribution in [3.05, 3.63) is 113 Å². The monoisotopic (exact) mass is 716 g/mol. The lowest BCUT2D eigenvalue weighted by Crippen LogP contribution is -2.12. The molecule has 0 fully saturated rings. The fourth-order valence-corrected chi connectivity index (χ4v) is 5.39. The molecule has 0 spiro atoms. The Morgan fingerprint density at radius 3 is 1.75 bits per heavy atom. The quantitative estimate of drug-likeness (QED) is 0.0367. The molecule has 52 heavy (non-hydrogen) atoms. The first kappa shape index (κ1) is 41.8. The molecular weight excluding hydrogens is 660 g/mol. The first-order valence-corrected chi connectivity index (χ1v) is 18.3. The second-order valence-corrected chi connectivity index (χ2v) is 12.9. The summed E-state index contributed by atoms with van der Waals surface area (Å²) in [6.45, 7) is 12.3. The maximum atomic E-state index is 12.0. The van der Waals surface area contributed by atoms with E-state index in [-0.39, 0.29) is 19.8 Å². The minimum absolute atomic E-state index is 0.211. The third-order valence-electron chi connectivity index (χ3n) is 8.24. The topological polar surface area (TPSA) is 121 Å². The molecule has 2 N–H and O–H groups in total. The van der Waals surface area contributed by atoms with E-state index in [2.05, 4.69) is 25.3 Å². The summed E-state index contributed by atoms with van der Waals surface area (Å²) in [4.78, 5) is 24.0. The molecule has 3 rings (SSSR count). The molecule has 0 saturated heterocycles. The van der Waals surface area contributed by atoms with Gasteiger partial charge in [-0.3, -0.25) is 0 Å². The van der Waals surface area contributed by atoms with Gasteiger partial charge >= 0.3 is 11.9 Å². The molecule has 282 valence electrons. The Bertz CT molecular complexity index is 1480. The van der Waals surface area contributed by atoms with Crippen LogP contribution in [0.5, 0.6) is 17.2 Å². The highest BCUT2D eigenvalue weighted by Gasteiger charge is 2.19. The lowest BCUT2D eigenvalue weighted by Gasteiger charge is -2.21. The van der Waals surface area contributed by atoms with Crippen molar-refractivity contribution in [3.63, 3.8) is 0 Å². The van der Waals surface area contributed by atoms with Crippen LogP contribution in [0.2, 0.25) is 0 Å². The Hall–Kier alpha value is -4.60. The number of carbonyl (C=O) groups excluding carboxylic acids is 2. The average molecular weight is 717 g/mol. The Morgan fingerprint density at radius 1 is 0.635 bits per heavy atom. The van der Waals surface area contributed by atoms with E-state index in [0.717, 1.165) is 67.6 Å². The zero-order valence-electron chi connectivity index (χ0n) is 30.9. The van der Waals surface area contributed by atoms with Gasteiger partial charge in [0.1, 0.15) is 17.2 Å². The minimum atomic E-state index is -1.23. The number of aryl methyl sites for hydroxylation is 3. The molecule has 0 aliphatic carbocycles. The van der Waals surface area contributed by atoms with Crippen LogP contribution in [0, 0.1) is 0 Å². The third kappa shape index (κ3) is 15.7. The Morgan fingerprint density at radius 2 is 1.19 bits per heavy atom. The number of benzene rings is 3. The van der Waals surface area contributed by atoms with Crippen molar-refractivity contribution in [3.8, 4) is 17.2 Å². The number of carbonyl (C=O) groups is 2. The van der Waals surface area contributed by atoms with E-state index >= 15 is 0 Å². The largest absolute Gasteiger partial charge is 0.494 e. The van der Waals surface area contributed by atoms with Crippen LogP contribution in [-0.2, 0) is 38.3 Å². The summed E-state index contributed by atoms with van der Waals surface area (Å²) in [7, 11) is 0.